The van der Waals surface area contributed by atoms with Crippen LogP contribution < -0.4 is 14.5 Å². The van der Waals surface area contributed by atoms with Crippen LogP contribution in [0.25, 0.3) is 38.8 Å². The molecule has 10 rings (SSSR count). The minimum Gasteiger partial charge on any atom is -0.509 e. The maximum absolute atomic E-state index is 6.98. The Bertz CT molecular complexity index is 3320. The van der Waals surface area contributed by atoms with E-state index in [1.54, 1.807) is 0 Å². The molecule has 6 heteroatoms. The third-order valence-electron chi connectivity index (χ3n) is 14.0. The number of ether oxygens (including phenoxy) is 1. The Morgan fingerprint density at radius 2 is 1.10 bits per heavy atom. The second kappa shape index (κ2) is 18.6. The van der Waals surface area contributed by atoms with Gasteiger partial charge in [-0.25, -0.2) is 4.98 Å². The number of hydrogen-bond donors (Lipinski definition) is 0. The zero-order valence-electron chi connectivity index (χ0n) is 41.9. The van der Waals surface area contributed by atoms with Gasteiger partial charge in [-0.1, -0.05) is 190 Å². The first-order chi connectivity index (χ1) is 32.9. The monoisotopic (exact) mass is 1100 g/mol. The zero-order chi connectivity index (χ0) is 48.3. The molecule has 2 aromatic heterocycles. The molecule has 0 saturated carbocycles. The van der Waals surface area contributed by atoms with E-state index in [0.29, 0.717) is 11.5 Å². The zero-order valence-corrected chi connectivity index (χ0v) is 44.2. The van der Waals surface area contributed by atoms with E-state index >= 15 is 0 Å². The predicted octanol–water partition coefficient (Wildman–Crippen LogP) is 16.4. The van der Waals surface area contributed by atoms with E-state index in [1.165, 1.54) is 27.8 Å². The molecule has 0 unspecified atom stereocenters. The number of allylic oxidation sites excluding steroid dienone is 1. The van der Waals surface area contributed by atoms with Gasteiger partial charge in [0.25, 0.3) is 0 Å². The molecule has 0 bridgehead atoms. The smallest absolute Gasteiger partial charge is 0.135 e. The molecule has 0 amide bonds. The Hall–Kier alpha value is -6.68. The predicted molar refractivity (Wildman–Crippen MR) is 287 cm³/mol. The Kier molecular flexibility index (Phi) is 12.8. The first kappa shape index (κ1) is 48.3. The second-order valence-corrected chi connectivity index (χ2v) is 21.6. The van der Waals surface area contributed by atoms with E-state index in [0.717, 1.165) is 55.8 Å². The van der Waals surface area contributed by atoms with Crippen LogP contribution in [0.5, 0.6) is 11.5 Å². The van der Waals surface area contributed by atoms with E-state index in [1.807, 2.05) is 12.3 Å². The summed E-state index contributed by atoms with van der Waals surface area (Å²) in [6.45, 7) is 25.1. The number of para-hydroxylation sites is 1. The summed E-state index contributed by atoms with van der Waals surface area (Å²) < 4.78 is 9.19. The van der Waals surface area contributed by atoms with E-state index in [2.05, 4.69) is 272 Å². The van der Waals surface area contributed by atoms with Crippen LogP contribution in [0.3, 0.4) is 0 Å². The summed E-state index contributed by atoms with van der Waals surface area (Å²) in [5.41, 5.74) is 12.7. The fraction of sp³-hybridized carbons (Fsp3) is 0.219. The molecule has 0 atom stereocenters. The van der Waals surface area contributed by atoms with Gasteiger partial charge in [-0.2, -0.15) is 6.07 Å². The molecule has 0 spiro atoms. The van der Waals surface area contributed by atoms with Crippen LogP contribution in [0.1, 0.15) is 97.1 Å². The van der Waals surface area contributed by atoms with Crippen molar-refractivity contribution in [1.82, 2.24) is 9.55 Å². The summed E-state index contributed by atoms with van der Waals surface area (Å²) in [6.07, 6.45) is 4.22. The molecule has 0 N–H and O–H groups in total. The summed E-state index contributed by atoms with van der Waals surface area (Å²) in [4.78, 5) is 9.58. The molecular formula is C64H61N4OPt-3. The largest absolute Gasteiger partial charge is 0.509 e. The van der Waals surface area contributed by atoms with Gasteiger partial charge in [0, 0.05) is 66.5 Å². The maximum atomic E-state index is 6.98. The van der Waals surface area contributed by atoms with Crippen LogP contribution in [-0.4, -0.2) is 9.55 Å². The van der Waals surface area contributed by atoms with Gasteiger partial charge >= 0.3 is 0 Å². The van der Waals surface area contributed by atoms with Crippen LogP contribution in [0.4, 0.5) is 11.4 Å². The minimum absolute atomic E-state index is 0. The van der Waals surface area contributed by atoms with Crippen LogP contribution >= 0.6 is 0 Å². The molecule has 9 aromatic rings. The molecule has 1 aliphatic heterocycles. The van der Waals surface area contributed by atoms with E-state index in [4.69, 9.17) is 9.72 Å². The van der Waals surface area contributed by atoms with Gasteiger partial charge < -0.3 is 19.1 Å². The van der Waals surface area contributed by atoms with Crippen LogP contribution in [-0.2, 0) is 42.7 Å². The summed E-state index contributed by atoms with van der Waals surface area (Å²) in [7, 11) is 0. The molecule has 0 aliphatic carbocycles. The third-order valence-corrected chi connectivity index (χ3v) is 14.0. The van der Waals surface area contributed by atoms with Gasteiger partial charge in [0.05, 0.1) is 0 Å². The number of hydrogen-bond acceptors (Lipinski definition) is 4. The van der Waals surface area contributed by atoms with Gasteiger partial charge in [-0.05, 0) is 86.1 Å². The van der Waals surface area contributed by atoms with Crippen molar-refractivity contribution in [2.75, 3.05) is 9.80 Å². The summed E-state index contributed by atoms with van der Waals surface area (Å²) in [5.74, 6) is 2.00. The van der Waals surface area contributed by atoms with Gasteiger partial charge in [0.15, 0.2) is 0 Å². The summed E-state index contributed by atoms with van der Waals surface area (Å²) in [5, 5.41) is 2.20. The van der Waals surface area contributed by atoms with Gasteiger partial charge in [-0.3, -0.25) is 0 Å². The number of pyridine rings is 1. The van der Waals surface area contributed by atoms with E-state index in [9.17, 15) is 0 Å². The third kappa shape index (κ3) is 9.25. The van der Waals surface area contributed by atoms with Crippen molar-refractivity contribution in [2.45, 2.75) is 90.9 Å². The van der Waals surface area contributed by atoms with Crippen LogP contribution in [0.15, 0.2) is 188 Å². The average Bonchev–Trinajstić information content (AvgIpc) is 3.95. The van der Waals surface area contributed by atoms with E-state index < -0.39 is 5.41 Å². The summed E-state index contributed by atoms with van der Waals surface area (Å²) in [6, 6.07) is 67.9. The van der Waals surface area contributed by atoms with Crippen molar-refractivity contribution in [3.8, 4) is 28.4 Å². The van der Waals surface area contributed by atoms with Gasteiger partial charge in [0.1, 0.15) is 5.82 Å². The first-order valence-corrected chi connectivity index (χ1v) is 24.1. The molecule has 1 aliphatic rings. The quantitative estimate of drug-likeness (QED) is 0.128. The van der Waals surface area contributed by atoms with Crippen LogP contribution in [0, 0.1) is 18.8 Å². The average molecular weight is 1100 g/mol. The number of aromatic nitrogens is 2. The van der Waals surface area contributed by atoms with Crippen LogP contribution in [0.2, 0.25) is 0 Å². The van der Waals surface area contributed by atoms with Crippen molar-refractivity contribution in [3.05, 3.63) is 235 Å². The second-order valence-electron chi connectivity index (χ2n) is 21.6. The number of anilines is 2. The van der Waals surface area contributed by atoms with Crippen molar-refractivity contribution < 1.29 is 25.8 Å². The Labute approximate surface area is 429 Å². The molecule has 356 valence electrons. The number of fused-ring (bicyclic) bond motifs is 3. The summed E-state index contributed by atoms with van der Waals surface area (Å²) >= 11 is 0. The Balaban J connectivity index is 0.00000608. The van der Waals surface area contributed by atoms with Crippen molar-refractivity contribution in [3.63, 3.8) is 0 Å². The minimum atomic E-state index is -0.396. The molecule has 0 saturated heterocycles. The Morgan fingerprint density at radius 3 is 1.74 bits per heavy atom. The topological polar surface area (TPSA) is 33.5 Å². The Morgan fingerprint density at radius 1 is 0.500 bits per heavy atom. The van der Waals surface area contributed by atoms with Crippen molar-refractivity contribution >= 4 is 33.2 Å². The number of nitrogens with zero attached hydrogens (tertiary/aromatic N) is 4. The maximum Gasteiger partial charge on any atom is 0.135 e. The fourth-order valence-electron chi connectivity index (χ4n) is 9.59. The molecular weight excluding hydrogens is 1040 g/mol. The molecule has 70 heavy (non-hydrogen) atoms. The molecule has 0 radical (unpaired) electrons. The number of benzene rings is 7. The van der Waals surface area contributed by atoms with Gasteiger partial charge in [-0.15, -0.1) is 53.6 Å². The number of rotatable bonds is 10. The normalized spacial score (nSPS) is 13.4. The van der Waals surface area contributed by atoms with Crippen molar-refractivity contribution in [1.29, 1.82) is 0 Å². The van der Waals surface area contributed by atoms with Crippen molar-refractivity contribution in [2.24, 2.45) is 0 Å². The molecule has 7 aromatic carbocycles. The molecule has 0 fully saturated rings. The van der Waals surface area contributed by atoms with E-state index in [-0.39, 0.29) is 37.3 Å². The molecule has 5 nitrogen and oxygen atoms in total. The standard InChI is InChI=1S/C64H61N4O.Pt/c1-61(2,3)49-36-50(62(4,5)6)38-51(37-49)66-42-59(64(9,10)47-26-18-13-19-27-47)67(43-66)52-34-45(44-22-14-11-15-23-44)35-54(40-52)69-53-30-31-56-55-28-20-21-29-57(55)68(58(56)41-53)60-39-48(32-33-65-60)63(7,8)46-24-16-12-17-25-46;/h11-39,42-43H,1-10H3;/q-3;. The SMILES string of the molecule is CC(C)(C)c1cc(N2C=C(C(C)(C)c3ccccc3)N(c3[c-]c(Oc4[c-]c5c(cc4)c4ccccc4n5-c4cc(C(C)(C)c5ccccc5)ccn4)cc(-c4ccccc4)c3)[CH-]2)cc(C(C)(C)C)c1.[Pt]. The van der Waals surface area contributed by atoms with Gasteiger partial charge in [0.2, 0.25) is 0 Å². The first-order valence-electron chi connectivity index (χ1n) is 24.1. The fourth-order valence-corrected chi connectivity index (χ4v) is 9.59. The molecule has 3 heterocycles.